The Morgan fingerprint density at radius 1 is 1.33 bits per heavy atom. The number of hydrogen-bond acceptors (Lipinski definition) is 4. The number of carbonyl (C=O) groups is 1. The van der Waals surface area contributed by atoms with Gasteiger partial charge >= 0.3 is 5.97 Å². The third-order valence-electron chi connectivity index (χ3n) is 3.37. The number of carbonyl (C=O) groups excluding carboxylic acids is 1. The highest BCUT2D eigenvalue weighted by molar-refractivity contribution is 5.73. The maximum atomic E-state index is 11.5. The largest absolute Gasteiger partial charge is 0.469 e. The Morgan fingerprint density at radius 3 is 2.22 bits per heavy atom. The molecule has 0 aliphatic rings. The number of benzene rings is 1. The van der Waals surface area contributed by atoms with Crippen LogP contribution in [-0.4, -0.2) is 32.3 Å². The molecule has 2 unspecified atom stereocenters. The van der Waals surface area contributed by atoms with E-state index in [1.807, 2.05) is 43.3 Å². The average molecular weight is 251 g/mol. The van der Waals surface area contributed by atoms with Gasteiger partial charge < -0.3 is 14.7 Å². The van der Waals surface area contributed by atoms with Crippen LogP contribution in [0.1, 0.15) is 19.4 Å². The minimum atomic E-state index is -1.24. The topological polar surface area (TPSA) is 49.8 Å². The van der Waals surface area contributed by atoms with Crippen molar-refractivity contribution in [3.05, 3.63) is 29.8 Å². The number of hydrogen-bond donors (Lipinski definition) is 1. The second-order valence-corrected chi connectivity index (χ2v) is 4.83. The van der Waals surface area contributed by atoms with Crippen molar-refractivity contribution in [1.82, 2.24) is 0 Å². The summed E-state index contributed by atoms with van der Waals surface area (Å²) < 4.78 is 4.67. The van der Waals surface area contributed by atoms with Crippen LogP contribution in [0.5, 0.6) is 0 Å². The predicted molar refractivity (Wildman–Crippen MR) is 71.5 cm³/mol. The van der Waals surface area contributed by atoms with E-state index >= 15 is 0 Å². The van der Waals surface area contributed by atoms with Gasteiger partial charge in [0, 0.05) is 19.8 Å². The van der Waals surface area contributed by atoms with Crippen molar-refractivity contribution in [2.24, 2.45) is 5.92 Å². The van der Waals surface area contributed by atoms with Crippen LogP contribution in [0.4, 0.5) is 5.69 Å². The molecule has 4 heteroatoms. The summed E-state index contributed by atoms with van der Waals surface area (Å²) in [5, 5.41) is 10.5. The average Bonchev–Trinajstić information content (AvgIpc) is 2.36. The van der Waals surface area contributed by atoms with E-state index in [2.05, 4.69) is 4.74 Å². The number of aliphatic hydroxyl groups is 1. The summed E-state index contributed by atoms with van der Waals surface area (Å²) in [5.41, 5.74) is 0.504. The minimum absolute atomic E-state index is 0.420. The van der Waals surface area contributed by atoms with Crippen molar-refractivity contribution >= 4 is 11.7 Å². The van der Waals surface area contributed by atoms with Gasteiger partial charge in [0.05, 0.1) is 18.6 Å². The molecule has 0 fully saturated rings. The van der Waals surface area contributed by atoms with E-state index in [0.717, 1.165) is 5.69 Å². The Bertz CT molecular complexity index is 410. The van der Waals surface area contributed by atoms with Crippen LogP contribution in [0.25, 0.3) is 0 Å². The summed E-state index contributed by atoms with van der Waals surface area (Å²) in [4.78, 5) is 13.5. The van der Waals surface area contributed by atoms with Gasteiger partial charge in [0.25, 0.3) is 0 Å². The molecule has 0 amide bonds. The second kappa shape index (κ2) is 5.40. The van der Waals surface area contributed by atoms with Crippen molar-refractivity contribution < 1.29 is 14.6 Å². The lowest BCUT2D eigenvalue weighted by molar-refractivity contribution is -0.154. The minimum Gasteiger partial charge on any atom is -0.469 e. The van der Waals surface area contributed by atoms with Crippen molar-refractivity contribution in [2.75, 3.05) is 26.1 Å². The molecule has 0 heterocycles. The first kappa shape index (κ1) is 14.5. The Labute approximate surface area is 108 Å². The van der Waals surface area contributed by atoms with Crippen LogP contribution in [0.15, 0.2) is 24.3 Å². The monoisotopic (exact) mass is 251 g/mol. The molecule has 0 saturated heterocycles. The zero-order valence-electron chi connectivity index (χ0n) is 11.6. The van der Waals surface area contributed by atoms with E-state index in [9.17, 15) is 9.90 Å². The summed E-state index contributed by atoms with van der Waals surface area (Å²) in [5.74, 6) is -1.04. The highest BCUT2D eigenvalue weighted by Crippen LogP contribution is 2.31. The number of methoxy groups -OCH3 is 1. The fourth-order valence-corrected chi connectivity index (χ4v) is 1.75. The lowest BCUT2D eigenvalue weighted by atomic mass is 9.84. The fourth-order valence-electron chi connectivity index (χ4n) is 1.75. The Kier molecular flexibility index (Phi) is 4.35. The smallest absolute Gasteiger partial charge is 0.311 e. The first-order valence-corrected chi connectivity index (χ1v) is 5.88. The molecule has 1 aromatic carbocycles. The Hall–Kier alpha value is -1.55. The van der Waals surface area contributed by atoms with Crippen LogP contribution in [0, 0.1) is 5.92 Å². The predicted octanol–water partition coefficient (Wildman–Crippen LogP) is 1.77. The molecule has 0 aliphatic heterocycles. The van der Waals surface area contributed by atoms with Crippen molar-refractivity contribution in [1.29, 1.82) is 0 Å². The molecule has 1 N–H and O–H groups in total. The molecule has 1 aromatic rings. The number of anilines is 1. The van der Waals surface area contributed by atoms with Gasteiger partial charge in [-0.15, -0.1) is 0 Å². The van der Waals surface area contributed by atoms with Gasteiger partial charge in [-0.05, 0) is 31.5 Å². The summed E-state index contributed by atoms with van der Waals surface area (Å²) in [6, 6.07) is 7.48. The van der Waals surface area contributed by atoms with Crippen molar-refractivity contribution in [3.63, 3.8) is 0 Å². The third-order valence-corrected chi connectivity index (χ3v) is 3.37. The van der Waals surface area contributed by atoms with E-state index < -0.39 is 17.5 Å². The summed E-state index contributed by atoms with van der Waals surface area (Å²) in [6.45, 7) is 3.28. The van der Waals surface area contributed by atoms with Gasteiger partial charge in [-0.3, -0.25) is 4.79 Å². The van der Waals surface area contributed by atoms with Gasteiger partial charge in [-0.2, -0.15) is 0 Å². The molecule has 0 aliphatic carbocycles. The van der Waals surface area contributed by atoms with E-state index in [1.165, 1.54) is 7.11 Å². The molecule has 2 atom stereocenters. The zero-order chi connectivity index (χ0) is 13.9. The second-order valence-electron chi connectivity index (χ2n) is 4.83. The molecular weight excluding hydrogens is 230 g/mol. The summed E-state index contributed by atoms with van der Waals surface area (Å²) >= 11 is 0. The maximum absolute atomic E-state index is 11.5. The summed E-state index contributed by atoms with van der Waals surface area (Å²) in [7, 11) is 5.22. The molecule has 0 radical (unpaired) electrons. The van der Waals surface area contributed by atoms with E-state index in [1.54, 1.807) is 13.8 Å². The molecule has 0 aromatic heterocycles. The maximum Gasteiger partial charge on any atom is 0.311 e. The number of rotatable bonds is 4. The van der Waals surface area contributed by atoms with E-state index in [-0.39, 0.29) is 0 Å². The first-order valence-electron chi connectivity index (χ1n) is 5.88. The van der Waals surface area contributed by atoms with Crippen molar-refractivity contribution in [2.45, 2.75) is 19.4 Å². The molecule has 0 bridgehead atoms. The lowest BCUT2D eigenvalue weighted by Crippen LogP contribution is -2.36. The van der Waals surface area contributed by atoms with E-state index in [0.29, 0.717) is 5.56 Å². The molecule has 0 saturated carbocycles. The van der Waals surface area contributed by atoms with Gasteiger partial charge in [-0.25, -0.2) is 0 Å². The quantitative estimate of drug-likeness (QED) is 0.829. The number of esters is 1. The molecule has 100 valence electrons. The SMILES string of the molecule is COC(=O)C(C)C(C)(O)c1ccc(N(C)C)cc1. The first-order chi connectivity index (χ1) is 8.30. The van der Waals surface area contributed by atoms with Crippen molar-refractivity contribution in [3.8, 4) is 0 Å². The van der Waals surface area contributed by atoms with Crippen LogP contribution in [0.3, 0.4) is 0 Å². The summed E-state index contributed by atoms with van der Waals surface area (Å²) in [6.07, 6.45) is 0. The van der Waals surface area contributed by atoms with Gasteiger partial charge in [-0.1, -0.05) is 12.1 Å². The third kappa shape index (κ3) is 2.82. The van der Waals surface area contributed by atoms with Gasteiger partial charge in [0.1, 0.15) is 0 Å². The highest BCUT2D eigenvalue weighted by Gasteiger charge is 2.36. The Balaban J connectivity index is 3.01. The number of nitrogens with zero attached hydrogens (tertiary/aromatic N) is 1. The molecule has 4 nitrogen and oxygen atoms in total. The highest BCUT2D eigenvalue weighted by atomic mass is 16.5. The van der Waals surface area contributed by atoms with E-state index in [4.69, 9.17) is 0 Å². The Morgan fingerprint density at radius 2 is 1.83 bits per heavy atom. The molecular formula is C14H21NO3. The number of ether oxygens (including phenoxy) is 1. The normalized spacial score (nSPS) is 15.7. The molecule has 0 spiro atoms. The van der Waals surface area contributed by atoms with Crippen LogP contribution in [0.2, 0.25) is 0 Å². The van der Waals surface area contributed by atoms with Crippen LogP contribution in [-0.2, 0) is 15.1 Å². The lowest BCUT2D eigenvalue weighted by Gasteiger charge is -2.29. The molecule has 1 rings (SSSR count). The van der Waals surface area contributed by atoms with Gasteiger partial charge in [0.2, 0.25) is 0 Å². The standard InChI is InChI=1S/C14H21NO3/c1-10(13(16)18-5)14(2,17)11-6-8-12(9-7-11)15(3)4/h6-10,17H,1-5H3. The van der Waals surface area contributed by atoms with Crippen LogP contribution < -0.4 is 4.90 Å². The zero-order valence-corrected chi connectivity index (χ0v) is 11.6. The fraction of sp³-hybridized carbons (Fsp3) is 0.500. The van der Waals surface area contributed by atoms with Crippen LogP contribution >= 0.6 is 0 Å². The van der Waals surface area contributed by atoms with Gasteiger partial charge in [0.15, 0.2) is 0 Å². The molecule has 18 heavy (non-hydrogen) atoms.